The van der Waals surface area contributed by atoms with Crippen LogP contribution in [0.3, 0.4) is 0 Å². The minimum Gasteiger partial charge on any atom is -0.497 e. The molecule has 1 N–H and O–H groups in total. The van der Waals surface area contributed by atoms with Gasteiger partial charge in [-0.2, -0.15) is 18.3 Å². The van der Waals surface area contributed by atoms with Gasteiger partial charge in [0.2, 0.25) is 5.13 Å². The second kappa shape index (κ2) is 10.0. The van der Waals surface area contributed by atoms with E-state index in [9.17, 15) is 23.1 Å². The number of rotatable bonds is 7. The van der Waals surface area contributed by atoms with Crippen molar-refractivity contribution in [2.24, 2.45) is 5.92 Å². The van der Waals surface area contributed by atoms with Crippen molar-refractivity contribution in [2.75, 3.05) is 20.2 Å². The highest BCUT2D eigenvalue weighted by Gasteiger charge is 2.33. The van der Waals surface area contributed by atoms with Crippen LogP contribution in [0.15, 0.2) is 42.5 Å². The maximum Gasteiger partial charge on any atom is 0.416 e. The summed E-state index contributed by atoms with van der Waals surface area (Å²) >= 11 is 1.45. The van der Waals surface area contributed by atoms with E-state index in [1.165, 1.54) is 17.4 Å². The number of halogens is 3. The average Bonchev–Trinajstić information content (AvgIpc) is 3.61. The van der Waals surface area contributed by atoms with Gasteiger partial charge in [0.15, 0.2) is 0 Å². The zero-order chi connectivity index (χ0) is 27.2. The van der Waals surface area contributed by atoms with Gasteiger partial charge in [0.1, 0.15) is 5.75 Å². The fourth-order valence-corrected chi connectivity index (χ4v) is 5.84. The van der Waals surface area contributed by atoms with Crippen molar-refractivity contribution < 1.29 is 27.8 Å². The number of likely N-dealkylation sites (tertiary alicyclic amines) is 1. The van der Waals surface area contributed by atoms with Crippen LogP contribution in [0.5, 0.6) is 5.75 Å². The number of fused-ring (bicyclic) bond motifs is 1. The normalized spacial score (nSPS) is 16.6. The lowest BCUT2D eigenvalue weighted by molar-refractivity contribution is -0.141. The highest BCUT2D eigenvalue weighted by Crippen LogP contribution is 2.39. The summed E-state index contributed by atoms with van der Waals surface area (Å²) in [7, 11) is 1.60. The van der Waals surface area contributed by atoms with Crippen molar-refractivity contribution >= 4 is 28.2 Å². The molecule has 38 heavy (non-hydrogen) atoms. The van der Waals surface area contributed by atoms with Gasteiger partial charge >= 0.3 is 12.1 Å². The molecule has 3 heterocycles. The third-order valence-corrected chi connectivity index (χ3v) is 8.10. The number of carbonyl (C=O) groups is 1. The van der Waals surface area contributed by atoms with Crippen LogP contribution in [0.4, 0.5) is 13.2 Å². The van der Waals surface area contributed by atoms with E-state index in [-0.39, 0.29) is 12.5 Å². The maximum atomic E-state index is 13.6. The number of carboxylic acids is 1. The van der Waals surface area contributed by atoms with Crippen LogP contribution in [0.25, 0.3) is 27.3 Å². The van der Waals surface area contributed by atoms with Gasteiger partial charge in [-0.15, -0.1) is 0 Å². The van der Waals surface area contributed by atoms with Gasteiger partial charge in [0.25, 0.3) is 0 Å². The third kappa shape index (κ3) is 5.00. The topological polar surface area (TPSA) is 80.5 Å². The molecule has 0 bridgehead atoms. The molecule has 2 aromatic carbocycles. The van der Waals surface area contributed by atoms with E-state index in [0.29, 0.717) is 47.0 Å². The molecule has 0 spiro atoms. The molecule has 4 aromatic rings. The summed E-state index contributed by atoms with van der Waals surface area (Å²) < 4.78 is 47.8. The van der Waals surface area contributed by atoms with Crippen molar-refractivity contribution in [1.29, 1.82) is 0 Å². The first-order chi connectivity index (χ1) is 18.0. The Labute approximate surface area is 221 Å². The van der Waals surface area contributed by atoms with E-state index in [2.05, 4.69) is 13.8 Å². The fourth-order valence-electron chi connectivity index (χ4n) is 4.79. The van der Waals surface area contributed by atoms with Crippen LogP contribution < -0.4 is 4.74 Å². The monoisotopic (exact) mass is 544 g/mol. The smallest absolute Gasteiger partial charge is 0.416 e. The molecule has 1 saturated heterocycles. The second-order valence-electron chi connectivity index (χ2n) is 9.74. The summed E-state index contributed by atoms with van der Waals surface area (Å²) in [4.78, 5) is 19.3. The quantitative estimate of drug-likeness (QED) is 0.298. The molecule has 1 aliphatic rings. The fraction of sp³-hybridized carbons (Fsp3) is 0.370. The molecule has 0 aliphatic carbocycles. The Morgan fingerprint density at radius 3 is 2.68 bits per heavy atom. The number of aromatic nitrogens is 3. The van der Waals surface area contributed by atoms with Crippen LogP contribution in [0.2, 0.25) is 0 Å². The SMILES string of the molecule is COc1cccc(-c2nc(-n3nc(CN4CCC(C(=O)O)C4)c4cc(C(F)(F)F)ccc43)sc2C(C)C)c1. The molecule has 11 heteroatoms. The van der Waals surface area contributed by atoms with Crippen LogP contribution in [0.1, 0.15) is 42.3 Å². The minimum absolute atomic E-state index is 0.151. The Kier molecular flexibility index (Phi) is 6.91. The molecule has 1 unspecified atom stereocenters. The predicted molar refractivity (Wildman–Crippen MR) is 139 cm³/mol. The van der Waals surface area contributed by atoms with Crippen LogP contribution in [0, 0.1) is 5.92 Å². The molecule has 1 atom stereocenters. The Hall–Kier alpha value is -3.44. The number of nitrogens with zero attached hydrogens (tertiary/aromatic N) is 4. The van der Waals surface area contributed by atoms with Gasteiger partial charge in [-0.05, 0) is 49.2 Å². The molecule has 0 saturated carbocycles. The van der Waals surface area contributed by atoms with E-state index >= 15 is 0 Å². The average molecular weight is 545 g/mol. The lowest BCUT2D eigenvalue weighted by Gasteiger charge is -2.13. The lowest BCUT2D eigenvalue weighted by Crippen LogP contribution is -2.23. The first-order valence-electron chi connectivity index (χ1n) is 12.2. The molecule has 5 rings (SSSR count). The standard InChI is InChI=1S/C27H27F3N4O3S/c1-15(2)24-23(16-5-4-6-19(11-16)37-3)31-26(38-24)34-22-8-7-18(27(28,29)30)12-20(22)21(32-34)14-33-10-9-17(13-33)25(35)36/h4-8,11-12,15,17H,9-10,13-14H2,1-3H3,(H,35,36). The van der Waals surface area contributed by atoms with E-state index < -0.39 is 23.6 Å². The summed E-state index contributed by atoms with van der Waals surface area (Å²) in [5, 5.41) is 15.0. The Morgan fingerprint density at radius 1 is 1.24 bits per heavy atom. The summed E-state index contributed by atoms with van der Waals surface area (Å²) in [5.74, 6) is -0.509. The lowest BCUT2D eigenvalue weighted by atomic mass is 10.1. The highest BCUT2D eigenvalue weighted by atomic mass is 32.1. The van der Waals surface area contributed by atoms with E-state index in [0.717, 1.165) is 28.3 Å². The molecule has 2 aromatic heterocycles. The van der Waals surface area contributed by atoms with Gasteiger partial charge in [-0.25, -0.2) is 9.67 Å². The number of thiazole rings is 1. The van der Waals surface area contributed by atoms with Crippen molar-refractivity contribution in [1.82, 2.24) is 19.7 Å². The van der Waals surface area contributed by atoms with Gasteiger partial charge in [-0.1, -0.05) is 37.3 Å². The first-order valence-corrected chi connectivity index (χ1v) is 13.1. The number of carboxylic acid groups (broad SMARTS) is 1. The number of ether oxygens (including phenoxy) is 1. The minimum atomic E-state index is -4.50. The number of hydrogen-bond donors (Lipinski definition) is 1. The van der Waals surface area contributed by atoms with Crippen molar-refractivity contribution in [2.45, 2.75) is 38.9 Å². The van der Waals surface area contributed by atoms with E-state index in [4.69, 9.17) is 14.8 Å². The summed E-state index contributed by atoms with van der Waals surface area (Å²) in [6, 6.07) is 11.2. The molecule has 1 aliphatic heterocycles. The van der Waals surface area contributed by atoms with Crippen molar-refractivity contribution in [3.05, 3.63) is 58.6 Å². The maximum absolute atomic E-state index is 13.6. The number of methoxy groups -OCH3 is 1. The molecule has 0 amide bonds. The number of benzene rings is 2. The molecule has 200 valence electrons. The highest BCUT2D eigenvalue weighted by molar-refractivity contribution is 7.14. The van der Waals surface area contributed by atoms with Crippen LogP contribution in [-0.2, 0) is 17.5 Å². The van der Waals surface area contributed by atoms with Crippen LogP contribution >= 0.6 is 11.3 Å². The van der Waals surface area contributed by atoms with Gasteiger partial charge in [0.05, 0.1) is 35.5 Å². The first kappa shape index (κ1) is 26.2. The molecular weight excluding hydrogens is 517 g/mol. The third-order valence-electron chi connectivity index (χ3n) is 6.77. The zero-order valence-corrected chi connectivity index (χ0v) is 21.9. The molecule has 7 nitrogen and oxygen atoms in total. The molecule has 1 fully saturated rings. The number of aliphatic carboxylic acids is 1. The van der Waals surface area contributed by atoms with Crippen molar-refractivity contribution in [3.8, 4) is 22.1 Å². The Bertz CT molecular complexity index is 1490. The number of hydrogen-bond acceptors (Lipinski definition) is 6. The summed E-state index contributed by atoms with van der Waals surface area (Å²) in [5.41, 5.74) is 1.88. The van der Waals surface area contributed by atoms with Crippen LogP contribution in [-0.4, -0.2) is 50.9 Å². The summed E-state index contributed by atoms with van der Waals surface area (Å²) in [6.07, 6.45) is -4.00. The Balaban J connectivity index is 1.62. The molecular formula is C27H27F3N4O3S. The van der Waals surface area contributed by atoms with E-state index in [1.54, 1.807) is 11.8 Å². The molecule has 0 radical (unpaired) electrons. The Morgan fingerprint density at radius 2 is 2.03 bits per heavy atom. The van der Waals surface area contributed by atoms with E-state index in [1.807, 2.05) is 29.2 Å². The van der Waals surface area contributed by atoms with Gasteiger partial charge in [0, 0.05) is 28.9 Å². The number of alkyl halides is 3. The summed E-state index contributed by atoms with van der Waals surface area (Å²) in [6.45, 7) is 5.25. The zero-order valence-electron chi connectivity index (χ0n) is 21.1. The second-order valence-corrected chi connectivity index (χ2v) is 10.8. The van der Waals surface area contributed by atoms with Gasteiger partial charge in [-0.3, -0.25) is 9.69 Å². The largest absolute Gasteiger partial charge is 0.497 e. The van der Waals surface area contributed by atoms with Crippen molar-refractivity contribution in [3.63, 3.8) is 0 Å². The predicted octanol–water partition coefficient (Wildman–Crippen LogP) is 6.21. The van der Waals surface area contributed by atoms with Gasteiger partial charge < -0.3 is 9.84 Å².